The van der Waals surface area contributed by atoms with Gasteiger partial charge in [0.25, 0.3) is 0 Å². The van der Waals surface area contributed by atoms with Gasteiger partial charge >= 0.3 is 0 Å². The summed E-state index contributed by atoms with van der Waals surface area (Å²) < 4.78 is 0. The van der Waals surface area contributed by atoms with Gasteiger partial charge in [-0.2, -0.15) is 0 Å². The van der Waals surface area contributed by atoms with Crippen LogP contribution < -0.4 is 5.32 Å². The fraction of sp³-hybridized carbons (Fsp3) is 0.444. The molecular weight excluding hydrogens is 202 g/mol. The van der Waals surface area contributed by atoms with E-state index in [1.54, 1.807) is 13.1 Å². The van der Waals surface area contributed by atoms with Crippen molar-refractivity contribution in [2.75, 3.05) is 0 Å². The summed E-state index contributed by atoms with van der Waals surface area (Å²) in [5, 5.41) is 3.09. The maximum Gasteiger partial charge on any atom is 0.220 e. The molecule has 1 N–H and O–H groups in total. The molecule has 0 spiro atoms. The number of carbonyl (C=O) groups excluding carboxylic acids is 1. The Balaban J connectivity index is 2.74. The highest BCUT2D eigenvalue weighted by molar-refractivity contribution is 6.30. The second kappa shape index (κ2) is 4.91. The van der Waals surface area contributed by atoms with Gasteiger partial charge in [-0.05, 0) is 6.92 Å². The highest BCUT2D eigenvalue weighted by Crippen LogP contribution is 2.16. The summed E-state index contributed by atoms with van der Waals surface area (Å²) >= 11 is 5.82. The fourth-order valence-electron chi connectivity index (χ4n) is 1.03. The molecule has 5 heteroatoms. The maximum atomic E-state index is 11.1. The van der Waals surface area contributed by atoms with Crippen molar-refractivity contribution < 1.29 is 4.79 Å². The summed E-state index contributed by atoms with van der Waals surface area (Å²) in [5.74, 6) is -0.0285. The normalized spacial score (nSPS) is 12.2. The van der Waals surface area contributed by atoms with Crippen LogP contribution in [0.3, 0.4) is 0 Å². The van der Waals surface area contributed by atoms with Crippen molar-refractivity contribution in [2.45, 2.75) is 26.3 Å². The summed E-state index contributed by atoms with van der Waals surface area (Å²) in [6, 6.07) is -0.205. The Morgan fingerprint density at radius 3 is 2.79 bits per heavy atom. The molecule has 1 aromatic rings. The van der Waals surface area contributed by atoms with Gasteiger partial charge in [0.15, 0.2) is 5.15 Å². The van der Waals surface area contributed by atoms with E-state index in [9.17, 15) is 4.79 Å². The molecule has 1 aromatic heterocycles. The number of rotatable bonds is 3. The van der Waals surface area contributed by atoms with Gasteiger partial charge in [0.2, 0.25) is 5.91 Å². The minimum atomic E-state index is -0.205. The number of hydrogen-bond acceptors (Lipinski definition) is 3. The lowest BCUT2D eigenvalue weighted by molar-refractivity contribution is -0.121. The van der Waals surface area contributed by atoms with Crippen LogP contribution in [0.15, 0.2) is 12.4 Å². The van der Waals surface area contributed by atoms with Crippen molar-refractivity contribution in [3.63, 3.8) is 0 Å². The molecule has 0 saturated carbocycles. The number of nitrogens with one attached hydrogen (secondary N) is 1. The predicted molar refractivity (Wildman–Crippen MR) is 53.9 cm³/mol. The topological polar surface area (TPSA) is 54.9 Å². The molecule has 4 nitrogen and oxygen atoms in total. The van der Waals surface area contributed by atoms with Crippen molar-refractivity contribution >= 4 is 17.5 Å². The molecule has 14 heavy (non-hydrogen) atoms. The molecule has 0 fully saturated rings. The second-order valence-corrected chi connectivity index (χ2v) is 3.23. The van der Waals surface area contributed by atoms with E-state index >= 15 is 0 Å². The van der Waals surface area contributed by atoms with Crippen LogP contribution in [0.2, 0.25) is 5.15 Å². The van der Waals surface area contributed by atoms with Crippen molar-refractivity contribution in [1.29, 1.82) is 0 Å². The molecule has 0 aliphatic heterocycles. The van der Waals surface area contributed by atoms with Crippen LogP contribution in [-0.2, 0) is 4.79 Å². The third-order valence-corrected chi connectivity index (χ3v) is 2.08. The van der Waals surface area contributed by atoms with Gasteiger partial charge in [-0.3, -0.25) is 9.78 Å². The molecular formula is C9H12ClN3O. The zero-order valence-electron chi connectivity index (χ0n) is 8.12. The SMILES string of the molecule is CCC(=O)NC(C)c1nccnc1Cl. The number of hydrogen-bond donors (Lipinski definition) is 1. The molecule has 0 aliphatic rings. The first-order chi connectivity index (χ1) is 6.65. The lowest BCUT2D eigenvalue weighted by Gasteiger charge is -2.12. The van der Waals surface area contributed by atoms with Crippen LogP contribution >= 0.6 is 11.6 Å². The average molecular weight is 214 g/mol. The summed E-state index contributed by atoms with van der Waals surface area (Å²) in [7, 11) is 0. The molecule has 76 valence electrons. The van der Waals surface area contributed by atoms with E-state index in [1.807, 2.05) is 6.92 Å². The second-order valence-electron chi connectivity index (χ2n) is 2.88. The lowest BCUT2D eigenvalue weighted by atomic mass is 10.2. The Morgan fingerprint density at radius 1 is 1.57 bits per heavy atom. The first-order valence-electron chi connectivity index (χ1n) is 4.41. The summed E-state index contributed by atoms with van der Waals surface area (Å²) in [6.07, 6.45) is 3.51. The van der Waals surface area contributed by atoms with Crippen LogP contribution in [0, 0.1) is 0 Å². The predicted octanol–water partition coefficient (Wildman–Crippen LogP) is 1.72. The lowest BCUT2D eigenvalue weighted by Crippen LogP contribution is -2.26. The number of nitrogens with zero attached hydrogens (tertiary/aromatic N) is 2. The minimum absolute atomic E-state index is 0.0285. The third kappa shape index (κ3) is 2.67. The number of carbonyl (C=O) groups is 1. The van der Waals surface area contributed by atoms with E-state index in [2.05, 4.69) is 15.3 Å². The molecule has 0 radical (unpaired) electrons. The van der Waals surface area contributed by atoms with Crippen molar-refractivity contribution in [3.05, 3.63) is 23.2 Å². The van der Waals surface area contributed by atoms with E-state index in [0.717, 1.165) is 0 Å². The standard InChI is InChI=1S/C9H12ClN3O/c1-3-7(14)13-6(2)8-9(10)12-5-4-11-8/h4-6H,3H2,1-2H3,(H,13,14). The van der Waals surface area contributed by atoms with Gasteiger partial charge in [0.05, 0.1) is 11.7 Å². The van der Waals surface area contributed by atoms with Crippen molar-refractivity contribution in [1.82, 2.24) is 15.3 Å². The molecule has 1 unspecified atom stereocenters. The number of amides is 1. The fourth-order valence-corrected chi connectivity index (χ4v) is 1.30. The molecule has 0 aliphatic carbocycles. The van der Waals surface area contributed by atoms with Gasteiger partial charge < -0.3 is 5.32 Å². The Labute approximate surface area is 87.7 Å². The molecule has 0 aromatic carbocycles. The minimum Gasteiger partial charge on any atom is -0.348 e. The monoisotopic (exact) mass is 213 g/mol. The Kier molecular flexibility index (Phi) is 3.83. The van der Waals surface area contributed by atoms with E-state index in [4.69, 9.17) is 11.6 Å². The zero-order chi connectivity index (χ0) is 10.6. The van der Waals surface area contributed by atoms with Crippen LogP contribution in [0.1, 0.15) is 32.0 Å². The largest absolute Gasteiger partial charge is 0.348 e. The van der Waals surface area contributed by atoms with E-state index in [-0.39, 0.29) is 11.9 Å². The van der Waals surface area contributed by atoms with E-state index in [0.29, 0.717) is 17.3 Å². The summed E-state index contributed by atoms with van der Waals surface area (Å²) in [5.41, 5.74) is 0.593. The first-order valence-corrected chi connectivity index (χ1v) is 4.78. The molecule has 1 rings (SSSR count). The summed E-state index contributed by atoms with van der Waals surface area (Å²) in [6.45, 7) is 3.61. The Morgan fingerprint density at radius 2 is 2.21 bits per heavy atom. The molecule has 1 atom stereocenters. The third-order valence-electron chi connectivity index (χ3n) is 1.79. The van der Waals surface area contributed by atoms with E-state index in [1.165, 1.54) is 6.20 Å². The number of aromatic nitrogens is 2. The molecule has 1 amide bonds. The van der Waals surface area contributed by atoms with Gasteiger partial charge in [0.1, 0.15) is 0 Å². The molecule has 1 heterocycles. The van der Waals surface area contributed by atoms with Gasteiger partial charge in [-0.25, -0.2) is 4.98 Å². The van der Waals surface area contributed by atoms with Crippen molar-refractivity contribution in [3.8, 4) is 0 Å². The van der Waals surface area contributed by atoms with Crippen LogP contribution in [0.25, 0.3) is 0 Å². The number of halogens is 1. The quantitative estimate of drug-likeness (QED) is 0.832. The maximum absolute atomic E-state index is 11.1. The van der Waals surface area contributed by atoms with Gasteiger partial charge in [-0.15, -0.1) is 0 Å². The first kappa shape index (κ1) is 10.9. The average Bonchev–Trinajstić information content (AvgIpc) is 2.18. The Hall–Kier alpha value is -1.16. The smallest absolute Gasteiger partial charge is 0.220 e. The van der Waals surface area contributed by atoms with Gasteiger partial charge in [0, 0.05) is 18.8 Å². The van der Waals surface area contributed by atoms with Gasteiger partial charge in [-0.1, -0.05) is 18.5 Å². The zero-order valence-corrected chi connectivity index (χ0v) is 8.88. The van der Waals surface area contributed by atoms with Crippen LogP contribution in [-0.4, -0.2) is 15.9 Å². The Bertz CT molecular complexity index is 330. The highest BCUT2D eigenvalue weighted by atomic mass is 35.5. The highest BCUT2D eigenvalue weighted by Gasteiger charge is 2.13. The molecule has 0 saturated heterocycles. The molecule has 0 bridgehead atoms. The summed E-state index contributed by atoms with van der Waals surface area (Å²) in [4.78, 5) is 19.0. The van der Waals surface area contributed by atoms with E-state index < -0.39 is 0 Å². The van der Waals surface area contributed by atoms with Crippen LogP contribution in [0.5, 0.6) is 0 Å². The van der Waals surface area contributed by atoms with Crippen molar-refractivity contribution in [2.24, 2.45) is 0 Å². The van der Waals surface area contributed by atoms with Crippen LogP contribution in [0.4, 0.5) is 0 Å².